The van der Waals surface area contributed by atoms with Gasteiger partial charge in [-0.15, -0.1) is 34.0 Å². The Morgan fingerprint density at radius 3 is 1.45 bits per heavy atom. The van der Waals surface area contributed by atoms with Crippen LogP contribution in [0.5, 0.6) is 0 Å². The molecular weight excluding hydrogens is 541 g/mol. The molecule has 4 rings (SSSR count). The second-order valence-electron chi connectivity index (χ2n) is 12.5. The Bertz CT molecular complexity index is 1050. The maximum Gasteiger partial charge on any atom is 0.0449 e. The minimum Gasteiger partial charge on any atom is -0.139 e. The minimum absolute atomic E-state index is 0.967. The Hall–Kier alpha value is -0.900. The molecule has 3 aromatic heterocycles. The third-order valence-corrected chi connectivity index (χ3v) is 12.9. The van der Waals surface area contributed by atoms with E-state index in [4.69, 9.17) is 0 Å². The Labute approximate surface area is 259 Å². The molecule has 0 radical (unpaired) electrons. The molecule has 3 heteroatoms. The first-order valence-electron chi connectivity index (χ1n) is 17.0. The van der Waals surface area contributed by atoms with Crippen molar-refractivity contribution in [2.24, 2.45) is 11.8 Å². The molecule has 0 atom stereocenters. The SMILES string of the molecule is CCCCCCCCCCCCc1ccc(-c2ccc(-c3ccc(CCC4CCC(CCCCC)CC4)s3)s2)s1. The van der Waals surface area contributed by atoms with Crippen LogP contribution < -0.4 is 0 Å². The highest BCUT2D eigenvalue weighted by atomic mass is 32.1. The number of unbranched alkanes of at least 4 members (excludes halogenated alkanes) is 11. The highest BCUT2D eigenvalue weighted by Gasteiger charge is 2.21. The van der Waals surface area contributed by atoms with E-state index in [0.29, 0.717) is 0 Å². The predicted octanol–water partition coefficient (Wildman–Crippen LogP) is 14.0. The van der Waals surface area contributed by atoms with Gasteiger partial charge in [-0.3, -0.25) is 0 Å². The molecular formula is C37H56S3. The molecule has 0 N–H and O–H groups in total. The Morgan fingerprint density at radius 1 is 0.450 bits per heavy atom. The molecule has 1 aliphatic rings. The van der Waals surface area contributed by atoms with Gasteiger partial charge < -0.3 is 0 Å². The summed E-state index contributed by atoms with van der Waals surface area (Å²) in [5.74, 6) is 2.00. The lowest BCUT2D eigenvalue weighted by molar-refractivity contribution is 0.249. The Balaban J connectivity index is 1.13. The van der Waals surface area contributed by atoms with E-state index in [0.717, 1.165) is 11.8 Å². The van der Waals surface area contributed by atoms with Crippen LogP contribution in [-0.2, 0) is 12.8 Å². The van der Waals surface area contributed by atoms with E-state index in [1.807, 2.05) is 34.0 Å². The average Bonchev–Trinajstić information content (AvgIpc) is 3.75. The molecule has 3 aromatic rings. The molecule has 0 aliphatic heterocycles. The third kappa shape index (κ3) is 11.1. The first-order chi connectivity index (χ1) is 19.7. The molecule has 1 saturated carbocycles. The zero-order valence-electron chi connectivity index (χ0n) is 25.7. The van der Waals surface area contributed by atoms with Gasteiger partial charge in [0.05, 0.1) is 0 Å². The summed E-state index contributed by atoms with van der Waals surface area (Å²) in [6.45, 7) is 4.62. The van der Waals surface area contributed by atoms with Crippen LogP contribution in [0.4, 0.5) is 0 Å². The fourth-order valence-electron chi connectivity index (χ4n) is 6.52. The van der Waals surface area contributed by atoms with Gasteiger partial charge in [-0.25, -0.2) is 0 Å². The molecule has 222 valence electrons. The number of aryl methyl sites for hydroxylation is 2. The fraction of sp³-hybridized carbons (Fsp3) is 0.676. The van der Waals surface area contributed by atoms with Crippen molar-refractivity contribution in [2.45, 2.75) is 149 Å². The Morgan fingerprint density at radius 2 is 0.875 bits per heavy atom. The first-order valence-corrected chi connectivity index (χ1v) is 19.5. The van der Waals surface area contributed by atoms with Gasteiger partial charge in [0.1, 0.15) is 0 Å². The molecule has 40 heavy (non-hydrogen) atoms. The van der Waals surface area contributed by atoms with Crippen molar-refractivity contribution in [2.75, 3.05) is 0 Å². The monoisotopic (exact) mass is 596 g/mol. The van der Waals surface area contributed by atoms with Gasteiger partial charge in [0, 0.05) is 29.3 Å². The number of thiophene rings is 3. The highest BCUT2D eigenvalue weighted by Crippen LogP contribution is 2.41. The van der Waals surface area contributed by atoms with E-state index in [9.17, 15) is 0 Å². The summed E-state index contributed by atoms with van der Waals surface area (Å²) in [7, 11) is 0. The van der Waals surface area contributed by atoms with Crippen LogP contribution in [0.1, 0.15) is 146 Å². The summed E-state index contributed by atoms with van der Waals surface area (Å²) >= 11 is 6.05. The lowest BCUT2D eigenvalue weighted by Crippen LogP contribution is -2.15. The zero-order chi connectivity index (χ0) is 27.8. The van der Waals surface area contributed by atoms with Crippen LogP contribution in [0, 0.1) is 11.8 Å². The molecule has 0 saturated heterocycles. The maximum absolute atomic E-state index is 2.41. The highest BCUT2D eigenvalue weighted by molar-refractivity contribution is 7.26. The van der Waals surface area contributed by atoms with E-state index in [1.54, 1.807) is 9.75 Å². The molecule has 0 unspecified atom stereocenters. The summed E-state index contributed by atoms with van der Waals surface area (Å²) in [4.78, 5) is 8.97. The summed E-state index contributed by atoms with van der Waals surface area (Å²) in [5.41, 5.74) is 0. The summed E-state index contributed by atoms with van der Waals surface area (Å²) < 4.78 is 0. The van der Waals surface area contributed by atoms with Crippen molar-refractivity contribution in [3.8, 4) is 19.5 Å². The van der Waals surface area contributed by atoms with Gasteiger partial charge in [0.15, 0.2) is 0 Å². The molecule has 1 aliphatic carbocycles. The minimum atomic E-state index is 0.967. The third-order valence-electron chi connectivity index (χ3n) is 9.17. The molecule has 0 nitrogen and oxygen atoms in total. The van der Waals surface area contributed by atoms with Gasteiger partial charge in [-0.1, -0.05) is 123 Å². The van der Waals surface area contributed by atoms with Crippen molar-refractivity contribution < 1.29 is 0 Å². The standard InChI is InChI=1S/C37H56S3/c1-3-5-7-8-9-10-11-12-13-15-17-32-24-26-34(38-32)36-28-29-37(40-36)35-27-25-33(39-35)23-22-31-20-18-30(19-21-31)16-14-6-4-2/h24-31H,3-23H2,1-2H3. The van der Waals surface area contributed by atoms with Crippen LogP contribution in [0.3, 0.4) is 0 Å². The predicted molar refractivity (Wildman–Crippen MR) is 184 cm³/mol. The van der Waals surface area contributed by atoms with Gasteiger partial charge in [0.25, 0.3) is 0 Å². The Kier molecular flexibility index (Phi) is 14.9. The van der Waals surface area contributed by atoms with Crippen molar-refractivity contribution in [1.29, 1.82) is 0 Å². The van der Waals surface area contributed by atoms with Crippen molar-refractivity contribution in [3.05, 3.63) is 46.2 Å². The van der Waals surface area contributed by atoms with Gasteiger partial charge in [-0.05, 0) is 73.9 Å². The van der Waals surface area contributed by atoms with Crippen LogP contribution in [0.2, 0.25) is 0 Å². The van der Waals surface area contributed by atoms with Crippen LogP contribution >= 0.6 is 34.0 Å². The van der Waals surface area contributed by atoms with Crippen molar-refractivity contribution in [3.63, 3.8) is 0 Å². The lowest BCUT2D eigenvalue weighted by atomic mass is 9.78. The largest absolute Gasteiger partial charge is 0.139 e. The van der Waals surface area contributed by atoms with E-state index in [-0.39, 0.29) is 0 Å². The van der Waals surface area contributed by atoms with Gasteiger partial charge in [0.2, 0.25) is 0 Å². The van der Waals surface area contributed by atoms with Crippen LogP contribution in [0.15, 0.2) is 36.4 Å². The number of hydrogen-bond donors (Lipinski definition) is 0. The molecule has 0 amide bonds. The molecule has 0 bridgehead atoms. The zero-order valence-corrected chi connectivity index (χ0v) is 28.1. The first kappa shape index (κ1) is 32.0. The summed E-state index contributed by atoms with van der Waals surface area (Å²) in [6.07, 6.45) is 29.8. The van der Waals surface area contributed by atoms with E-state index in [2.05, 4.69) is 50.2 Å². The number of hydrogen-bond acceptors (Lipinski definition) is 3. The molecule has 1 fully saturated rings. The number of rotatable bonds is 20. The lowest BCUT2D eigenvalue weighted by Gasteiger charge is -2.28. The molecule has 3 heterocycles. The van der Waals surface area contributed by atoms with E-state index < -0.39 is 0 Å². The molecule has 0 aromatic carbocycles. The average molecular weight is 597 g/mol. The van der Waals surface area contributed by atoms with Gasteiger partial charge >= 0.3 is 0 Å². The molecule has 0 spiro atoms. The van der Waals surface area contributed by atoms with Crippen LogP contribution in [0.25, 0.3) is 19.5 Å². The van der Waals surface area contributed by atoms with Crippen LogP contribution in [-0.4, -0.2) is 0 Å². The smallest absolute Gasteiger partial charge is 0.0449 e. The summed E-state index contributed by atoms with van der Waals surface area (Å²) in [6, 6.07) is 14.3. The fourth-order valence-corrected chi connectivity index (χ4v) is 9.78. The van der Waals surface area contributed by atoms with Gasteiger partial charge in [-0.2, -0.15) is 0 Å². The second-order valence-corrected chi connectivity index (χ2v) is 16.0. The van der Waals surface area contributed by atoms with E-state index in [1.165, 1.54) is 154 Å². The summed E-state index contributed by atoms with van der Waals surface area (Å²) in [5, 5.41) is 0. The van der Waals surface area contributed by atoms with E-state index >= 15 is 0 Å². The second kappa shape index (κ2) is 18.6. The maximum atomic E-state index is 2.41. The normalized spacial score (nSPS) is 17.6. The topological polar surface area (TPSA) is 0 Å². The quantitative estimate of drug-likeness (QED) is 0.114. The van der Waals surface area contributed by atoms with Crippen molar-refractivity contribution in [1.82, 2.24) is 0 Å². The van der Waals surface area contributed by atoms with Crippen molar-refractivity contribution >= 4 is 34.0 Å².